The number of halogens is 6. The molecule has 1 aromatic heterocycles. The Morgan fingerprint density at radius 2 is 1.59 bits per heavy atom. The lowest BCUT2D eigenvalue weighted by molar-refractivity contribution is -0.274. The first kappa shape index (κ1) is 28.7. The molecule has 0 spiro atoms. The first-order chi connectivity index (χ1) is 14.3. The SMILES string of the molecule is CC(c1ccc(NS(C)(=O)=O)cc1Cl)C(O)(c1ccnc(Cl)c1)C(F)(F)F.CS(=O)(=O)Cl. The van der Waals surface area contributed by atoms with Crippen LogP contribution in [0.3, 0.4) is 0 Å². The Hall–Kier alpha value is -1.31. The highest BCUT2D eigenvalue weighted by Gasteiger charge is 2.59. The standard InChI is InChI=1S/C16H15Cl2F3N2O3S.CH3ClO2S/c1-9(12-4-3-11(8-13(12)17)23-27(2,25)26)15(24,16(19,20)21)10-5-6-22-14(18)7-10;1-5(2,3)4/h3-9,23-24H,1-2H3;1H3. The number of nitrogens with zero attached hydrogens (tertiary/aromatic N) is 1. The number of sulfonamides is 1. The molecule has 0 saturated heterocycles. The van der Waals surface area contributed by atoms with Gasteiger partial charge in [-0.15, -0.1) is 0 Å². The smallest absolute Gasteiger partial charge is 0.376 e. The van der Waals surface area contributed by atoms with Gasteiger partial charge in [-0.3, -0.25) is 4.72 Å². The maximum Gasteiger partial charge on any atom is 0.422 e. The Labute approximate surface area is 198 Å². The average Bonchev–Trinajstić information content (AvgIpc) is 2.56. The molecule has 0 radical (unpaired) electrons. The van der Waals surface area contributed by atoms with Crippen LogP contribution in [0.5, 0.6) is 0 Å². The predicted molar refractivity (Wildman–Crippen MR) is 118 cm³/mol. The minimum absolute atomic E-state index is 0.0246. The van der Waals surface area contributed by atoms with Crippen LogP contribution in [-0.2, 0) is 24.7 Å². The van der Waals surface area contributed by atoms with Gasteiger partial charge in [0.2, 0.25) is 19.1 Å². The van der Waals surface area contributed by atoms with Crippen LogP contribution in [0.2, 0.25) is 10.2 Å². The van der Waals surface area contributed by atoms with E-state index in [1.807, 2.05) is 0 Å². The van der Waals surface area contributed by atoms with Crippen molar-refractivity contribution in [2.45, 2.75) is 24.6 Å². The lowest BCUT2D eigenvalue weighted by atomic mass is 9.78. The van der Waals surface area contributed by atoms with Gasteiger partial charge in [0.05, 0.1) is 12.5 Å². The second-order valence-corrected chi connectivity index (χ2v) is 12.2. The molecule has 0 bridgehead atoms. The van der Waals surface area contributed by atoms with E-state index >= 15 is 0 Å². The van der Waals surface area contributed by atoms with Gasteiger partial charge < -0.3 is 5.11 Å². The number of rotatable bonds is 5. The van der Waals surface area contributed by atoms with E-state index in [0.29, 0.717) is 0 Å². The quantitative estimate of drug-likeness (QED) is 0.413. The van der Waals surface area contributed by atoms with E-state index in [2.05, 4.69) is 20.4 Å². The summed E-state index contributed by atoms with van der Waals surface area (Å²) in [6.07, 6.45) is -2.15. The molecular weight excluding hydrogens is 540 g/mol. The highest BCUT2D eigenvalue weighted by atomic mass is 35.7. The van der Waals surface area contributed by atoms with Crippen LogP contribution in [0, 0.1) is 0 Å². The molecule has 0 aliphatic rings. The zero-order chi connectivity index (χ0) is 25.1. The summed E-state index contributed by atoms with van der Waals surface area (Å²) in [5.74, 6) is -1.53. The summed E-state index contributed by atoms with van der Waals surface area (Å²) >= 11 is 11.8. The van der Waals surface area contributed by atoms with E-state index in [9.17, 15) is 35.1 Å². The molecule has 0 aliphatic carbocycles. The van der Waals surface area contributed by atoms with Gasteiger partial charge in [-0.2, -0.15) is 13.2 Å². The van der Waals surface area contributed by atoms with E-state index in [4.69, 9.17) is 23.2 Å². The van der Waals surface area contributed by atoms with Crippen molar-refractivity contribution in [3.8, 4) is 0 Å². The Morgan fingerprint density at radius 3 is 2.00 bits per heavy atom. The molecule has 2 aromatic rings. The lowest BCUT2D eigenvalue weighted by Crippen LogP contribution is -2.46. The second-order valence-electron chi connectivity index (χ2n) is 6.65. The number of aliphatic hydroxyl groups is 1. The first-order valence-corrected chi connectivity index (χ1v) is 13.7. The van der Waals surface area contributed by atoms with Crippen LogP contribution < -0.4 is 4.72 Å². The third-order valence-corrected chi connectivity index (χ3v) is 5.14. The fourth-order valence-corrected chi connectivity index (χ4v) is 3.75. The summed E-state index contributed by atoms with van der Waals surface area (Å²) in [4.78, 5) is 3.63. The number of nitrogens with one attached hydrogen (secondary N) is 1. The van der Waals surface area contributed by atoms with Crippen LogP contribution >= 0.6 is 33.9 Å². The molecule has 0 aliphatic heterocycles. The molecule has 2 N–H and O–H groups in total. The Bertz CT molecular complexity index is 1170. The molecule has 180 valence electrons. The number of pyridine rings is 1. The molecule has 1 heterocycles. The molecule has 0 amide bonds. The number of alkyl halides is 3. The molecule has 7 nitrogen and oxygen atoms in total. The Morgan fingerprint density at radius 1 is 1.06 bits per heavy atom. The van der Waals surface area contributed by atoms with Gasteiger partial charge in [0.15, 0.2) is 5.60 Å². The highest BCUT2D eigenvalue weighted by Crippen LogP contribution is 2.50. The number of benzene rings is 1. The van der Waals surface area contributed by atoms with Crippen LogP contribution in [-0.4, -0.2) is 45.6 Å². The summed E-state index contributed by atoms with van der Waals surface area (Å²) in [6.45, 7) is 1.16. The molecule has 2 unspecified atom stereocenters. The fraction of sp³-hybridized carbons (Fsp3) is 0.353. The number of aromatic nitrogens is 1. The van der Waals surface area contributed by atoms with Gasteiger partial charge in [0, 0.05) is 33.5 Å². The van der Waals surface area contributed by atoms with E-state index in [1.54, 1.807) is 0 Å². The van der Waals surface area contributed by atoms with Crippen LogP contribution in [0.1, 0.15) is 24.0 Å². The van der Waals surface area contributed by atoms with E-state index < -0.39 is 42.3 Å². The lowest BCUT2D eigenvalue weighted by Gasteiger charge is -2.37. The highest BCUT2D eigenvalue weighted by molar-refractivity contribution is 8.13. The third kappa shape index (κ3) is 8.23. The van der Waals surface area contributed by atoms with Crippen molar-refractivity contribution in [3.63, 3.8) is 0 Å². The minimum Gasteiger partial charge on any atom is -0.376 e. The monoisotopic (exact) mass is 556 g/mol. The van der Waals surface area contributed by atoms with Crippen molar-refractivity contribution in [2.24, 2.45) is 0 Å². The topological polar surface area (TPSA) is 113 Å². The van der Waals surface area contributed by atoms with E-state index in [-0.39, 0.29) is 21.4 Å². The fourth-order valence-electron chi connectivity index (χ4n) is 2.68. The maximum atomic E-state index is 13.8. The van der Waals surface area contributed by atoms with Crippen LogP contribution in [0.15, 0.2) is 36.5 Å². The van der Waals surface area contributed by atoms with Crippen LogP contribution in [0.25, 0.3) is 0 Å². The van der Waals surface area contributed by atoms with Gasteiger partial charge >= 0.3 is 6.18 Å². The van der Waals surface area contributed by atoms with Crippen molar-refractivity contribution >= 4 is 58.6 Å². The van der Waals surface area contributed by atoms with Gasteiger partial charge in [0.1, 0.15) is 5.15 Å². The summed E-state index contributed by atoms with van der Waals surface area (Å²) in [5, 5.41) is 10.3. The minimum atomic E-state index is -5.05. The summed E-state index contributed by atoms with van der Waals surface area (Å²) in [7, 11) is -2.28. The molecular formula is C17H18Cl3F3N2O5S2. The molecule has 2 rings (SSSR count). The molecule has 1 aromatic carbocycles. The number of anilines is 1. The van der Waals surface area contributed by atoms with Crippen molar-refractivity contribution in [1.82, 2.24) is 4.98 Å². The van der Waals surface area contributed by atoms with Crippen molar-refractivity contribution in [2.75, 3.05) is 17.2 Å². The van der Waals surface area contributed by atoms with Crippen molar-refractivity contribution in [3.05, 3.63) is 57.8 Å². The molecule has 2 atom stereocenters. The van der Waals surface area contributed by atoms with Gasteiger partial charge in [-0.1, -0.05) is 36.2 Å². The molecule has 15 heteroatoms. The number of hydrogen-bond donors (Lipinski definition) is 2. The Balaban J connectivity index is 0.000000920. The summed E-state index contributed by atoms with van der Waals surface area (Å²) < 4.78 is 85.1. The second kappa shape index (κ2) is 10.3. The molecule has 32 heavy (non-hydrogen) atoms. The maximum absolute atomic E-state index is 13.8. The largest absolute Gasteiger partial charge is 0.422 e. The van der Waals surface area contributed by atoms with E-state index in [0.717, 1.165) is 37.8 Å². The van der Waals surface area contributed by atoms with Crippen molar-refractivity contribution < 1.29 is 35.1 Å². The zero-order valence-corrected chi connectivity index (χ0v) is 20.6. The molecule has 0 fully saturated rings. The van der Waals surface area contributed by atoms with E-state index in [1.165, 1.54) is 18.2 Å². The Kier molecular flexibility index (Phi) is 9.25. The summed E-state index contributed by atoms with van der Waals surface area (Å²) in [6, 6.07) is 5.60. The van der Waals surface area contributed by atoms with Crippen LogP contribution in [0.4, 0.5) is 18.9 Å². The number of hydrogen-bond acceptors (Lipinski definition) is 6. The first-order valence-electron chi connectivity index (χ1n) is 8.33. The predicted octanol–water partition coefficient (Wildman–Crippen LogP) is 4.50. The third-order valence-electron chi connectivity index (χ3n) is 4.00. The average molecular weight is 558 g/mol. The van der Waals surface area contributed by atoms with Gasteiger partial charge in [-0.25, -0.2) is 21.8 Å². The van der Waals surface area contributed by atoms with Crippen molar-refractivity contribution in [1.29, 1.82) is 0 Å². The van der Waals surface area contributed by atoms with Gasteiger partial charge in [-0.05, 0) is 35.4 Å². The zero-order valence-electron chi connectivity index (χ0n) is 16.7. The molecule has 0 saturated carbocycles. The van der Waals surface area contributed by atoms with Gasteiger partial charge in [0.25, 0.3) is 0 Å². The normalized spacial score (nSPS) is 15.2. The summed E-state index contributed by atoms with van der Waals surface area (Å²) in [5.41, 5.74) is -3.73.